The van der Waals surface area contributed by atoms with Crippen molar-refractivity contribution in [2.45, 2.75) is 25.8 Å². The number of urea groups is 1. The van der Waals surface area contributed by atoms with Crippen LogP contribution in [-0.2, 0) is 4.79 Å². The number of nitrogens with two attached hydrogens (primary N) is 1. The first-order chi connectivity index (χ1) is 5.27. The summed E-state index contributed by atoms with van der Waals surface area (Å²) in [6.07, 6.45) is -0.119. The van der Waals surface area contributed by atoms with Gasteiger partial charge in [-0.2, -0.15) is 0 Å². The number of carbonyl (C=O) groups excluding carboxylic acids is 1. The fourth-order valence-corrected chi connectivity index (χ4v) is 0.787. The molecule has 0 atom stereocenters. The Kier molecular flexibility index (Phi) is 3.06. The fraction of sp³-hybridized carbons (Fsp3) is 0.714. The topological polar surface area (TPSA) is 83.6 Å². The molecule has 2 amide bonds. The molecule has 0 aliphatic rings. The molecule has 0 aliphatic heterocycles. The Balaban J connectivity index is 4.38. The minimum absolute atomic E-state index is 0.119. The van der Waals surface area contributed by atoms with Crippen LogP contribution in [0.3, 0.4) is 0 Å². The summed E-state index contributed by atoms with van der Waals surface area (Å²) in [6.45, 7) is 3.29. The van der Waals surface area contributed by atoms with Crippen molar-refractivity contribution in [3.63, 3.8) is 0 Å². The highest BCUT2D eigenvalue weighted by atomic mass is 16.4. The SMILES string of the molecule is CN(C(N)=O)C(C)(C)CC(=O)O. The number of aliphatic carboxylic acids is 1. The van der Waals surface area contributed by atoms with Gasteiger partial charge in [-0.15, -0.1) is 0 Å². The molecule has 70 valence electrons. The van der Waals surface area contributed by atoms with Gasteiger partial charge in [-0.05, 0) is 13.8 Å². The van der Waals surface area contributed by atoms with Crippen molar-refractivity contribution in [3.8, 4) is 0 Å². The first-order valence-electron chi connectivity index (χ1n) is 3.52. The number of carboxylic acids is 1. The molecule has 0 rings (SSSR count). The lowest BCUT2D eigenvalue weighted by molar-refractivity contribution is -0.139. The van der Waals surface area contributed by atoms with E-state index in [2.05, 4.69) is 0 Å². The van der Waals surface area contributed by atoms with E-state index >= 15 is 0 Å². The van der Waals surface area contributed by atoms with Crippen molar-refractivity contribution in [1.29, 1.82) is 0 Å². The smallest absolute Gasteiger partial charge is 0.314 e. The van der Waals surface area contributed by atoms with Crippen molar-refractivity contribution in [2.24, 2.45) is 5.73 Å². The van der Waals surface area contributed by atoms with Gasteiger partial charge >= 0.3 is 12.0 Å². The lowest BCUT2D eigenvalue weighted by Crippen LogP contribution is -2.48. The van der Waals surface area contributed by atoms with Gasteiger partial charge in [-0.25, -0.2) is 4.79 Å². The van der Waals surface area contributed by atoms with Crippen LogP contribution in [-0.4, -0.2) is 34.6 Å². The van der Waals surface area contributed by atoms with Gasteiger partial charge in [0.15, 0.2) is 0 Å². The largest absolute Gasteiger partial charge is 0.481 e. The minimum atomic E-state index is -0.951. The second-order valence-corrected chi connectivity index (χ2v) is 3.28. The van der Waals surface area contributed by atoms with Crippen LogP contribution in [0.5, 0.6) is 0 Å². The summed E-state index contributed by atoms with van der Waals surface area (Å²) in [5.41, 5.74) is 4.25. The van der Waals surface area contributed by atoms with Gasteiger partial charge in [-0.1, -0.05) is 0 Å². The van der Waals surface area contributed by atoms with Crippen molar-refractivity contribution < 1.29 is 14.7 Å². The van der Waals surface area contributed by atoms with Crippen molar-refractivity contribution in [1.82, 2.24) is 4.90 Å². The third kappa shape index (κ3) is 2.77. The number of nitrogens with zero attached hydrogens (tertiary/aromatic N) is 1. The Labute approximate surface area is 71.1 Å². The van der Waals surface area contributed by atoms with Gasteiger partial charge in [0.25, 0.3) is 0 Å². The predicted octanol–water partition coefficient (Wildman–Crippen LogP) is 0.250. The molecule has 0 aliphatic carbocycles. The van der Waals surface area contributed by atoms with Gasteiger partial charge in [0, 0.05) is 12.6 Å². The van der Waals surface area contributed by atoms with Crippen LogP contribution >= 0.6 is 0 Å². The van der Waals surface area contributed by atoms with Crippen molar-refractivity contribution in [2.75, 3.05) is 7.05 Å². The molecule has 0 spiro atoms. The van der Waals surface area contributed by atoms with Crippen molar-refractivity contribution >= 4 is 12.0 Å². The van der Waals surface area contributed by atoms with Crippen LogP contribution in [0.2, 0.25) is 0 Å². The summed E-state index contributed by atoms with van der Waals surface area (Å²) in [5.74, 6) is -0.951. The van der Waals surface area contributed by atoms with Crippen LogP contribution in [0, 0.1) is 0 Å². The second-order valence-electron chi connectivity index (χ2n) is 3.28. The first-order valence-corrected chi connectivity index (χ1v) is 3.52. The molecule has 5 nitrogen and oxygen atoms in total. The summed E-state index contributed by atoms with van der Waals surface area (Å²) in [5, 5.41) is 8.50. The molecular weight excluding hydrogens is 160 g/mol. The highest BCUT2D eigenvalue weighted by molar-refractivity contribution is 5.74. The van der Waals surface area contributed by atoms with Gasteiger partial charge in [0.1, 0.15) is 0 Å². The maximum atomic E-state index is 10.7. The Morgan fingerprint density at radius 2 is 1.92 bits per heavy atom. The molecule has 0 bridgehead atoms. The van der Waals surface area contributed by atoms with E-state index in [4.69, 9.17) is 10.8 Å². The van der Waals surface area contributed by atoms with E-state index in [0.717, 1.165) is 0 Å². The second kappa shape index (κ2) is 3.42. The molecule has 3 N–H and O–H groups in total. The monoisotopic (exact) mass is 174 g/mol. The number of primary amides is 1. The van der Waals surface area contributed by atoms with E-state index in [9.17, 15) is 9.59 Å². The minimum Gasteiger partial charge on any atom is -0.481 e. The summed E-state index contributed by atoms with van der Waals surface area (Å²) >= 11 is 0. The Hall–Kier alpha value is -1.26. The number of carboxylic acid groups (broad SMARTS) is 1. The number of amides is 2. The zero-order chi connectivity index (χ0) is 9.94. The maximum absolute atomic E-state index is 10.7. The highest BCUT2D eigenvalue weighted by Gasteiger charge is 2.28. The summed E-state index contributed by atoms with van der Waals surface area (Å²) in [7, 11) is 1.48. The van der Waals surface area contributed by atoms with E-state index < -0.39 is 17.5 Å². The molecule has 0 saturated carbocycles. The van der Waals surface area contributed by atoms with Gasteiger partial charge < -0.3 is 15.7 Å². The Morgan fingerprint density at radius 1 is 1.50 bits per heavy atom. The zero-order valence-corrected chi connectivity index (χ0v) is 7.50. The molecule has 0 fully saturated rings. The normalized spacial score (nSPS) is 10.9. The highest BCUT2D eigenvalue weighted by Crippen LogP contribution is 2.16. The van der Waals surface area contributed by atoms with Gasteiger partial charge in [-0.3, -0.25) is 4.79 Å². The Morgan fingerprint density at radius 3 is 2.17 bits per heavy atom. The molecule has 5 heteroatoms. The Bertz CT molecular complexity index is 201. The van der Waals surface area contributed by atoms with E-state index in [1.807, 2.05) is 0 Å². The van der Waals surface area contributed by atoms with E-state index in [-0.39, 0.29) is 6.42 Å². The predicted molar refractivity (Wildman–Crippen MR) is 43.7 cm³/mol. The van der Waals surface area contributed by atoms with Crippen LogP contribution in [0.1, 0.15) is 20.3 Å². The summed E-state index contributed by atoms with van der Waals surface area (Å²) in [4.78, 5) is 22.3. The van der Waals surface area contributed by atoms with Gasteiger partial charge in [0.2, 0.25) is 0 Å². The van der Waals surface area contributed by atoms with Crippen LogP contribution in [0.4, 0.5) is 4.79 Å². The number of rotatable bonds is 3. The van der Waals surface area contributed by atoms with E-state index in [1.165, 1.54) is 11.9 Å². The molecule has 12 heavy (non-hydrogen) atoms. The quantitative estimate of drug-likeness (QED) is 0.643. The maximum Gasteiger partial charge on any atom is 0.314 e. The third-order valence-corrected chi connectivity index (χ3v) is 1.82. The fourth-order valence-electron chi connectivity index (χ4n) is 0.787. The molecule has 0 saturated heterocycles. The average molecular weight is 174 g/mol. The molecule has 0 aromatic heterocycles. The van der Waals surface area contributed by atoms with Crippen molar-refractivity contribution in [3.05, 3.63) is 0 Å². The number of hydrogen-bond donors (Lipinski definition) is 2. The molecule has 0 unspecified atom stereocenters. The lowest BCUT2D eigenvalue weighted by Gasteiger charge is -2.32. The molecule has 0 heterocycles. The molecule has 0 aromatic carbocycles. The molecular formula is C7H14N2O3. The zero-order valence-electron chi connectivity index (χ0n) is 7.50. The van der Waals surface area contributed by atoms with Crippen LogP contribution in [0.25, 0.3) is 0 Å². The van der Waals surface area contributed by atoms with Crippen LogP contribution in [0.15, 0.2) is 0 Å². The summed E-state index contributed by atoms with van der Waals surface area (Å²) < 4.78 is 0. The molecule has 0 aromatic rings. The van der Waals surface area contributed by atoms with Gasteiger partial charge in [0.05, 0.1) is 6.42 Å². The number of hydrogen-bond acceptors (Lipinski definition) is 2. The van der Waals surface area contributed by atoms with E-state index in [1.54, 1.807) is 13.8 Å². The average Bonchev–Trinajstić information content (AvgIpc) is 1.82. The summed E-state index contributed by atoms with van der Waals surface area (Å²) in [6, 6.07) is -0.624. The third-order valence-electron chi connectivity index (χ3n) is 1.82. The number of carbonyl (C=O) groups is 2. The van der Waals surface area contributed by atoms with Crippen LogP contribution < -0.4 is 5.73 Å². The first kappa shape index (κ1) is 10.7. The lowest BCUT2D eigenvalue weighted by atomic mass is 9.99. The molecule has 0 radical (unpaired) electrons. The van der Waals surface area contributed by atoms with E-state index in [0.29, 0.717) is 0 Å². The standard InChI is InChI=1S/C7H14N2O3/c1-7(2,4-5(10)11)9(3)6(8)12/h4H2,1-3H3,(H2,8,12)(H,10,11).